The zero-order valence-electron chi connectivity index (χ0n) is 17.5. The summed E-state index contributed by atoms with van der Waals surface area (Å²) in [5.41, 5.74) is 2.17. The number of aryl methyl sites for hydroxylation is 2. The van der Waals surface area contributed by atoms with E-state index in [0.717, 1.165) is 11.1 Å². The molecule has 2 aromatic carbocycles. The molecule has 2 aliphatic rings. The summed E-state index contributed by atoms with van der Waals surface area (Å²) >= 11 is 0. The summed E-state index contributed by atoms with van der Waals surface area (Å²) in [5.74, 6) is 0.143. The number of ether oxygens (including phenoxy) is 2. The fourth-order valence-corrected chi connectivity index (χ4v) is 4.02. The zero-order valence-corrected chi connectivity index (χ0v) is 17.5. The van der Waals surface area contributed by atoms with Crippen molar-refractivity contribution in [2.45, 2.75) is 32.3 Å². The van der Waals surface area contributed by atoms with Gasteiger partial charge in [-0.2, -0.15) is 5.26 Å². The number of hydrogen-bond acceptors (Lipinski definition) is 7. The van der Waals surface area contributed by atoms with Gasteiger partial charge in [0.15, 0.2) is 18.1 Å². The predicted molar refractivity (Wildman–Crippen MR) is 112 cm³/mol. The molecule has 1 atom stereocenters. The Labute approximate surface area is 179 Å². The first kappa shape index (κ1) is 20.4. The van der Waals surface area contributed by atoms with E-state index in [9.17, 15) is 9.59 Å². The topological polar surface area (TPSA) is 101 Å². The lowest BCUT2D eigenvalue weighted by Gasteiger charge is -2.22. The minimum Gasteiger partial charge on any atom is -0.493 e. The molecule has 2 aliphatic heterocycles. The minimum atomic E-state index is -1.34. The summed E-state index contributed by atoms with van der Waals surface area (Å²) in [6.45, 7) is 3.63. The third-order valence-electron chi connectivity index (χ3n) is 5.51. The van der Waals surface area contributed by atoms with Gasteiger partial charge in [0, 0.05) is 12.0 Å². The van der Waals surface area contributed by atoms with Crippen LogP contribution in [-0.2, 0) is 14.4 Å². The molecule has 2 amide bonds. The number of anilines is 1. The molecule has 31 heavy (non-hydrogen) atoms. The van der Waals surface area contributed by atoms with Gasteiger partial charge in [0.05, 0.1) is 24.9 Å². The van der Waals surface area contributed by atoms with Gasteiger partial charge in [-0.3, -0.25) is 9.59 Å². The Bertz CT molecular complexity index is 1130. The van der Waals surface area contributed by atoms with Crippen LogP contribution in [0.2, 0.25) is 0 Å². The van der Waals surface area contributed by atoms with Gasteiger partial charge in [0.2, 0.25) is 11.5 Å². The summed E-state index contributed by atoms with van der Waals surface area (Å²) in [4.78, 5) is 33.0. The lowest BCUT2D eigenvalue weighted by molar-refractivity contribution is -0.136. The highest BCUT2D eigenvalue weighted by molar-refractivity contribution is 6.26. The SMILES string of the molecule is COc1cc(C2=NO[C@@]3(CC(=O)N(c4c(C)cccc4C)C3=O)C2)ccc1OCC#N. The van der Waals surface area contributed by atoms with Gasteiger partial charge in [-0.15, -0.1) is 0 Å². The summed E-state index contributed by atoms with van der Waals surface area (Å²) < 4.78 is 10.7. The normalized spacial score (nSPS) is 19.9. The molecule has 0 bridgehead atoms. The van der Waals surface area contributed by atoms with Crippen molar-refractivity contribution in [2.24, 2.45) is 5.16 Å². The first-order valence-corrected chi connectivity index (χ1v) is 9.77. The van der Waals surface area contributed by atoms with Crippen LogP contribution >= 0.6 is 0 Å². The van der Waals surface area contributed by atoms with Gasteiger partial charge in [0.1, 0.15) is 6.07 Å². The fraction of sp³-hybridized carbons (Fsp3) is 0.304. The van der Waals surface area contributed by atoms with Gasteiger partial charge in [-0.1, -0.05) is 23.4 Å². The third-order valence-corrected chi connectivity index (χ3v) is 5.51. The average molecular weight is 419 g/mol. The second-order valence-electron chi connectivity index (χ2n) is 7.56. The average Bonchev–Trinajstić information content (AvgIpc) is 3.28. The molecular formula is C23H21N3O5. The molecule has 0 unspecified atom stereocenters. The van der Waals surface area contributed by atoms with Gasteiger partial charge < -0.3 is 14.3 Å². The van der Waals surface area contributed by atoms with Crippen LogP contribution in [0.5, 0.6) is 11.5 Å². The first-order chi connectivity index (χ1) is 14.9. The largest absolute Gasteiger partial charge is 0.493 e. The smallest absolute Gasteiger partial charge is 0.281 e. The maximum atomic E-state index is 13.3. The van der Waals surface area contributed by atoms with Crippen LogP contribution in [0.1, 0.15) is 29.5 Å². The number of amides is 2. The van der Waals surface area contributed by atoms with Gasteiger partial charge >= 0.3 is 0 Å². The van der Waals surface area contributed by atoms with Gasteiger partial charge in [-0.25, -0.2) is 4.90 Å². The number of carbonyl (C=O) groups excluding carboxylic acids is 2. The monoisotopic (exact) mass is 419 g/mol. The second-order valence-corrected chi connectivity index (χ2v) is 7.56. The third kappa shape index (κ3) is 3.38. The molecule has 8 heteroatoms. The summed E-state index contributed by atoms with van der Waals surface area (Å²) in [5, 5.41) is 12.8. The Morgan fingerprint density at radius 2 is 1.90 bits per heavy atom. The molecule has 4 rings (SSSR count). The van der Waals surface area contributed by atoms with E-state index in [1.807, 2.05) is 38.1 Å². The van der Waals surface area contributed by atoms with Crippen molar-refractivity contribution in [3.05, 3.63) is 53.1 Å². The Kier molecular flexibility index (Phi) is 5.11. The highest BCUT2D eigenvalue weighted by Crippen LogP contribution is 2.41. The number of methoxy groups -OCH3 is 1. The van der Waals surface area contributed by atoms with E-state index in [-0.39, 0.29) is 25.4 Å². The van der Waals surface area contributed by atoms with E-state index in [2.05, 4.69) is 5.16 Å². The highest BCUT2D eigenvalue weighted by atomic mass is 16.7. The van der Waals surface area contributed by atoms with E-state index in [1.165, 1.54) is 12.0 Å². The van der Waals surface area contributed by atoms with Gasteiger partial charge in [0.25, 0.3) is 5.91 Å². The van der Waals surface area contributed by atoms with Crippen molar-refractivity contribution in [1.82, 2.24) is 0 Å². The van der Waals surface area contributed by atoms with Crippen molar-refractivity contribution < 1.29 is 23.9 Å². The molecular weight excluding hydrogens is 398 g/mol. The molecule has 1 saturated heterocycles. The number of rotatable bonds is 5. The van der Waals surface area contributed by atoms with Crippen molar-refractivity contribution in [3.8, 4) is 17.6 Å². The summed E-state index contributed by atoms with van der Waals surface area (Å²) in [7, 11) is 1.49. The zero-order chi connectivity index (χ0) is 22.2. The Morgan fingerprint density at radius 3 is 2.58 bits per heavy atom. The van der Waals surface area contributed by atoms with Crippen LogP contribution in [-0.4, -0.2) is 36.8 Å². The number of hydrogen-bond donors (Lipinski definition) is 0. The lowest BCUT2D eigenvalue weighted by Crippen LogP contribution is -2.41. The number of oxime groups is 1. The van der Waals surface area contributed by atoms with Gasteiger partial charge in [-0.05, 0) is 43.2 Å². The quantitative estimate of drug-likeness (QED) is 0.691. The summed E-state index contributed by atoms with van der Waals surface area (Å²) in [6.07, 6.45) is 0.0909. The van der Waals surface area contributed by atoms with Crippen LogP contribution in [0.3, 0.4) is 0 Å². The van der Waals surface area contributed by atoms with Crippen molar-refractivity contribution in [2.75, 3.05) is 18.6 Å². The molecule has 8 nitrogen and oxygen atoms in total. The Hall–Kier alpha value is -3.86. The molecule has 0 N–H and O–H groups in total. The first-order valence-electron chi connectivity index (χ1n) is 9.77. The maximum Gasteiger partial charge on any atom is 0.281 e. The molecule has 0 aliphatic carbocycles. The number of nitrogens with zero attached hydrogens (tertiary/aromatic N) is 3. The number of benzene rings is 2. The van der Waals surface area contributed by atoms with E-state index >= 15 is 0 Å². The van der Waals surface area contributed by atoms with Crippen LogP contribution in [0, 0.1) is 25.2 Å². The molecule has 0 saturated carbocycles. The molecule has 2 aromatic rings. The molecule has 2 heterocycles. The highest BCUT2D eigenvalue weighted by Gasteiger charge is 2.58. The van der Waals surface area contributed by atoms with E-state index in [1.54, 1.807) is 18.2 Å². The fourth-order valence-electron chi connectivity index (χ4n) is 4.02. The second kappa shape index (κ2) is 7.76. The molecule has 0 aromatic heterocycles. The van der Waals surface area contributed by atoms with Crippen molar-refractivity contribution in [3.63, 3.8) is 0 Å². The van der Waals surface area contributed by atoms with E-state index in [0.29, 0.717) is 28.5 Å². The lowest BCUT2D eigenvalue weighted by atomic mass is 9.92. The number of nitriles is 1. The van der Waals surface area contributed by atoms with Crippen LogP contribution < -0.4 is 14.4 Å². The molecule has 158 valence electrons. The van der Waals surface area contributed by atoms with Crippen molar-refractivity contribution >= 4 is 23.2 Å². The van der Waals surface area contributed by atoms with E-state index < -0.39 is 11.5 Å². The van der Waals surface area contributed by atoms with Crippen LogP contribution in [0.15, 0.2) is 41.6 Å². The molecule has 1 spiro atoms. The number of imide groups is 1. The minimum absolute atomic E-state index is 0.0763. The van der Waals surface area contributed by atoms with E-state index in [4.69, 9.17) is 19.6 Å². The predicted octanol–water partition coefficient (Wildman–Crippen LogP) is 3.04. The number of para-hydroxylation sites is 1. The Balaban J connectivity index is 1.60. The molecule has 1 fully saturated rings. The summed E-state index contributed by atoms with van der Waals surface area (Å²) in [6, 6.07) is 12.7. The van der Waals surface area contributed by atoms with Crippen molar-refractivity contribution in [1.29, 1.82) is 5.26 Å². The Morgan fingerprint density at radius 1 is 1.16 bits per heavy atom. The number of carbonyl (C=O) groups is 2. The maximum absolute atomic E-state index is 13.3. The van der Waals surface area contributed by atoms with Crippen LogP contribution in [0.4, 0.5) is 5.69 Å². The van der Waals surface area contributed by atoms with Crippen LogP contribution in [0.25, 0.3) is 0 Å². The standard InChI is InChI=1S/C23H21N3O5/c1-14-5-4-6-15(2)21(14)26-20(27)13-23(22(26)28)12-17(25-31-23)16-7-8-18(30-10-9-24)19(11-16)29-3/h4-8,11H,10,12-13H2,1-3H3/t23-/m1/s1. The molecule has 0 radical (unpaired) electrons.